The summed E-state index contributed by atoms with van der Waals surface area (Å²) < 4.78 is 5.36. The lowest BCUT2D eigenvalue weighted by atomic mass is 10.3. The zero-order valence-corrected chi connectivity index (χ0v) is 11.0. The first-order chi connectivity index (χ1) is 8.88. The fraction of sp³-hybridized carbons (Fsp3) is 0.357. The molecule has 0 atom stereocenters. The lowest BCUT2D eigenvalue weighted by Gasteiger charge is -2.19. The van der Waals surface area contributed by atoms with Gasteiger partial charge in [0.25, 0.3) is 0 Å². The molecule has 0 saturated heterocycles. The molecule has 3 nitrogen and oxygen atoms in total. The first-order valence-electron chi connectivity index (χ1n) is 6.02. The van der Waals surface area contributed by atoms with Crippen molar-refractivity contribution in [1.29, 1.82) is 5.26 Å². The van der Waals surface area contributed by atoms with E-state index in [1.165, 1.54) is 4.88 Å². The Morgan fingerprint density at radius 1 is 1.28 bits per heavy atom. The fourth-order valence-corrected chi connectivity index (χ4v) is 2.52. The molecule has 0 aromatic carbocycles. The average molecular weight is 260 g/mol. The molecule has 0 saturated carbocycles. The van der Waals surface area contributed by atoms with E-state index >= 15 is 0 Å². The van der Waals surface area contributed by atoms with Gasteiger partial charge >= 0.3 is 0 Å². The van der Waals surface area contributed by atoms with Crippen molar-refractivity contribution in [3.63, 3.8) is 0 Å². The number of furan rings is 1. The molecule has 2 aromatic heterocycles. The molecule has 18 heavy (non-hydrogen) atoms. The third-order valence-corrected chi connectivity index (χ3v) is 3.69. The monoisotopic (exact) mass is 260 g/mol. The first kappa shape index (κ1) is 12.9. The Kier molecular flexibility index (Phi) is 5.00. The molecule has 0 fully saturated rings. The van der Waals surface area contributed by atoms with Gasteiger partial charge in [-0.15, -0.1) is 11.3 Å². The predicted octanol–water partition coefficient (Wildman–Crippen LogP) is 3.30. The highest BCUT2D eigenvalue weighted by Gasteiger charge is 2.08. The van der Waals surface area contributed by atoms with E-state index in [2.05, 4.69) is 28.5 Å². The number of nitriles is 1. The van der Waals surface area contributed by atoms with E-state index in [-0.39, 0.29) is 0 Å². The van der Waals surface area contributed by atoms with Crippen LogP contribution < -0.4 is 0 Å². The van der Waals surface area contributed by atoms with Gasteiger partial charge in [-0.3, -0.25) is 4.90 Å². The molecule has 2 rings (SSSR count). The average Bonchev–Trinajstić information content (AvgIpc) is 3.05. The van der Waals surface area contributed by atoms with Gasteiger partial charge in [0.15, 0.2) is 0 Å². The van der Waals surface area contributed by atoms with Crippen LogP contribution in [0.3, 0.4) is 0 Å². The second kappa shape index (κ2) is 7.00. The van der Waals surface area contributed by atoms with E-state index in [0.29, 0.717) is 6.42 Å². The van der Waals surface area contributed by atoms with E-state index in [0.717, 1.165) is 31.8 Å². The summed E-state index contributed by atoms with van der Waals surface area (Å²) in [5, 5.41) is 10.8. The van der Waals surface area contributed by atoms with E-state index in [4.69, 9.17) is 9.68 Å². The molecule has 0 amide bonds. The standard InChI is InChI=1S/C14H16N2OS/c15-7-3-8-16(12-13-4-1-10-17-13)9-6-14-5-2-11-18-14/h1-2,4-5,10-11H,3,6,8-9,12H2. The van der Waals surface area contributed by atoms with Gasteiger partial charge in [-0.25, -0.2) is 0 Å². The molecular weight excluding hydrogens is 244 g/mol. The molecule has 0 bridgehead atoms. The van der Waals surface area contributed by atoms with Crippen molar-refractivity contribution < 1.29 is 4.42 Å². The van der Waals surface area contributed by atoms with Gasteiger partial charge in [0.2, 0.25) is 0 Å². The zero-order chi connectivity index (χ0) is 12.6. The van der Waals surface area contributed by atoms with E-state index in [9.17, 15) is 0 Å². The maximum atomic E-state index is 8.70. The first-order valence-corrected chi connectivity index (χ1v) is 6.90. The van der Waals surface area contributed by atoms with Crippen LogP contribution in [0.4, 0.5) is 0 Å². The second-order valence-corrected chi connectivity index (χ2v) is 5.13. The maximum absolute atomic E-state index is 8.70. The van der Waals surface area contributed by atoms with Crippen molar-refractivity contribution in [3.8, 4) is 6.07 Å². The summed E-state index contributed by atoms with van der Waals surface area (Å²) in [6, 6.07) is 10.3. The van der Waals surface area contributed by atoms with Crippen molar-refractivity contribution in [2.45, 2.75) is 19.4 Å². The van der Waals surface area contributed by atoms with Crippen molar-refractivity contribution in [3.05, 3.63) is 46.5 Å². The molecule has 0 aliphatic carbocycles. The Labute approximate surface area is 111 Å². The third-order valence-electron chi connectivity index (χ3n) is 2.75. The van der Waals surface area contributed by atoms with Crippen molar-refractivity contribution in [2.24, 2.45) is 0 Å². The highest BCUT2D eigenvalue weighted by molar-refractivity contribution is 7.09. The topological polar surface area (TPSA) is 40.2 Å². The zero-order valence-electron chi connectivity index (χ0n) is 10.2. The van der Waals surface area contributed by atoms with E-state index < -0.39 is 0 Å². The number of thiophene rings is 1. The van der Waals surface area contributed by atoms with Crippen LogP contribution in [0.1, 0.15) is 17.1 Å². The minimum atomic E-state index is 0.561. The van der Waals surface area contributed by atoms with Crippen LogP contribution in [-0.4, -0.2) is 18.0 Å². The van der Waals surface area contributed by atoms with Crippen LogP contribution in [0.2, 0.25) is 0 Å². The summed E-state index contributed by atoms with van der Waals surface area (Å²) in [5.41, 5.74) is 0. The molecule has 0 spiro atoms. The predicted molar refractivity (Wildman–Crippen MR) is 72.2 cm³/mol. The Hall–Kier alpha value is -1.57. The van der Waals surface area contributed by atoms with E-state index in [1.807, 2.05) is 12.1 Å². The number of rotatable bonds is 7. The molecule has 0 N–H and O–H groups in total. The Morgan fingerprint density at radius 2 is 2.22 bits per heavy atom. The van der Waals surface area contributed by atoms with Gasteiger partial charge in [0, 0.05) is 24.4 Å². The van der Waals surface area contributed by atoms with Crippen LogP contribution >= 0.6 is 11.3 Å². The fourth-order valence-electron chi connectivity index (χ4n) is 1.82. The van der Waals surface area contributed by atoms with Crippen LogP contribution in [0.5, 0.6) is 0 Å². The largest absolute Gasteiger partial charge is 0.468 e. The smallest absolute Gasteiger partial charge is 0.117 e. The third kappa shape index (κ3) is 4.02. The molecule has 0 aliphatic rings. The summed E-state index contributed by atoms with van der Waals surface area (Å²) in [6.45, 7) is 2.53. The molecular formula is C14H16N2OS. The van der Waals surface area contributed by atoms with Crippen LogP contribution in [0, 0.1) is 11.3 Å². The molecule has 0 unspecified atom stereocenters. The van der Waals surface area contributed by atoms with Crippen molar-refractivity contribution >= 4 is 11.3 Å². The lowest BCUT2D eigenvalue weighted by Crippen LogP contribution is -2.26. The molecule has 2 aromatic rings. The SMILES string of the molecule is N#CCCN(CCc1cccs1)Cc1ccco1. The van der Waals surface area contributed by atoms with Gasteiger partial charge in [0.1, 0.15) is 5.76 Å². The highest BCUT2D eigenvalue weighted by atomic mass is 32.1. The minimum Gasteiger partial charge on any atom is -0.468 e. The molecule has 2 heterocycles. The minimum absolute atomic E-state index is 0.561. The second-order valence-electron chi connectivity index (χ2n) is 4.09. The summed E-state index contributed by atoms with van der Waals surface area (Å²) in [4.78, 5) is 3.65. The molecule has 0 radical (unpaired) electrons. The van der Waals surface area contributed by atoms with Gasteiger partial charge in [-0.05, 0) is 30.0 Å². The van der Waals surface area contributed by atoms with Crippen LogP contribution in [0.25, 0.3) is 0 Å². The van der Waals surface area contributed by atoms with Gasteiger partial charge < -0.3 is 4.42 Å². The lowest BCUT2D eigenvalue weighted by molar-refractivity contribution is 0.252. The normalized spacial score (nSPS) is 10.7. The van der Waals surface area contributed by atoms with Crippen LogP contribution in [-0.2, 0) is 13.0 Å². The number of nitrogens with zero attached hydrogens (tertiary/aromatic N) is 2. The molecule has 0 aliphatic heterocycles. The number of hydrogen-bond donors (Lipinski definition) is 0. The van der Waals surface area contributed by atoms with Crippen LogP contribution in [0.15, 0.2) is 40.3 Å². The highest BCUT2D eigenvalue weighted by Crippen LogP contribution is 2.12. The molecule has 4 heteroatoms. The van der Waals surface area contributed by atoms with Gasteiger partial charge in [0.05, 0.1) is 18.9 Å². The van der Waals surface area contributed by atoms with Gasteiger partial charge in [-0.1, -0.05) is 6.07 Å². The Morgan fingerprint density at radius 3 is 2.89 bits per heavy atom. The maximum Gasteiger partial charge on any atom is 0.117 e. The Bertz CT molecular complexity index is 470. The summed E-state index contributed by atoms with van der Waals surface area (Å²) in [7, 11) is 0. The summed E-state index contributed by atoms with van der Waals surface area (Å²) in [6.07, 6.45) is 3.28. The van der Waals surface area contributed by atoms with Gasteiger partial charge in [-0.2, -0.15) is 5.26 Å². The van der Waals surface area contributed by atoms with E-state index in [1.54, 1.807) is 17.6 Å². The van der Waals surface area contributed by atoms with Crippen molar-refractivity contribution in [1.82, 2.24) is 4.90 Å². The Balaban J connectivity index is 1.86. The number of hydrogen-bond acceptors (Lipinski definition) is 4. The summed E-state index contributed by atoms with van der Waals surface area (Å²) in [5.74, 6) is 0.958. The summed E-state index contributed by atoms with van der Waals surface area (Å²) >= 11 is 1.78. The quantitative estimate of drug-likeness (QED) is 0.767. The molecule has 94 valence electrons. The van der Waals surface area contributed by atoms with Crippen molar-refractivity contribution in [2.75, 3.05) is 13.1 Å².